The molecule has 0 unspecified atom stereocenters. The van der Waals surface area contributed by atoms with E-state index in [0.29, 0.717) is 12.4 Å². The van der Waals surface area contributed by atoms with Crippen molar-refractivity contribution in [2.75, 3.05) is 0 Å². The van der Waals surface area contributed by atoms with Gasteiger partial charge in [-0.1, -0.05) is 17.7 Å². The zero-order chi connectivity index (χ0) is 14.8. The number of imidazole rings is 1. The number of rotatable bonds is 4. The van der Waals surface area contributed by atoms with E-state index in [1.165, 1.54) is 0 Å². The number of fused-ring (bicyclic) bond motifs is 1. The topological polar surface area (TPSA) is 46.8 Å². The van der Waals surface area contributed by atoms with Crippen molar-refractivity contribution in [1.82, 2.24) is 9.38 Å². The van der Waals surface area contributed by atoms with Gasteiger partial charge in [0.2, 0.25) is 0 Å². The normalized spacial score (nSPS) is 12.5. The Hall–Kier alpha value is -2.33. The molecule has 0 bridgehead atoms. The highest BCUT2D eigenvalue weighted by Gasteiger charge is 2.10. The molecule has 0 saturated carbocycles. The number of benzene rings is 1. The first-order valence-electron chi connectivity index (χ1n) is 6.97. The number of nitrogens with zero attached hydrogens (tertiary/aromatic N) is 2. The summed E-state index contributed by atoms with van der Waals surface area (Å²) in [4.78, 5) is 4.50. The summed E-state index contributed by atoms with van der Waals surface area (Å²) in [5, 5.41) is 9.84. The van der Waals surface area contributed by atoms with Crippen LogP contribution in [0.2, 0.25) is 0 Å². The van der Waals surface area contributed by atoms with E-state index in [1.54, 1.807) is 6.92 Å². The van der Waals surface area contributed by atoms with Crippen molar-refractivity contribution in [3.8, 4) is 5.75 Å². The van der Waals surface area contributed by atoms with Crippen molar-refractivity contribution in [2.45, 2.75) is 26.6 Å². The van der Waals surface area contributed by atoms with Crippen LogP contribution in [0.4, 0.5) is 0 Å². The molecule has 0 aliphatic heterocycles. The van der Waals surface area contributed by atoms with Gasteiger partial charge in [0, 0.05) is 18.0 Å². The van der Waals surface area contributed by atoms with Gasteiger partial charge in [-0.3, -0.25) is 0 Å². The van der Waals surface area contributed by atoms with Crippen LogP contribution in [0.25, 0.3) is 5.65 Å². The van der Waals surface area contributed by atoms with E-state index in [2.05, 4.69) is 4.98 Å². The second-order valence-corrected chi connectivity index (χ2v) is 5.20. The van der Waals surface area contributed by atoms with Crippen molar-refractivity contribution >= 4 is 5.65 Å². The van der Waals surface area contributed by atoms with Crippen LogP contribution in [-0.4, -0.2) is 14.5 Å². The molecule has 0 fully saturated rings. The lowest BCUT2D eigenvalue weighted by Crippen LogP contribution is -2.01. The fourth-order valence-electron chi connectivity index (χ4n) is 2.33. The van der Waals surface area contributed by atoms with Crippen LogP contribution in [-0.2, 0) is 6.61 Å². The molecule has 0 saturated heterocycles. The third-order valence-electron chi connectivity index (χ3n) is 3.40. The van der Waals surface area contributed by atoms with Crippen LogP contribution in [0.1, 0.15) is 29.8 Å². The standard InChI is InChI=1S/C17H18N2O2/c1-12-6-7-16(15(9-12)13(2)20)21-11-14-10-19-8-4-3-5-17(19)18-14/h3-10,13,20H,11H2,1-2H3/t13-/m0/s1. The molecule has 3 aromatic rings. The fraction of sp³-hybridized carbons (Fsp3) is 0.235. The maximum absolute atomic E-state index is 9.84. The summed E-state index contributed by atoms with van der Waals surface area (Å²) in [5.41, 5.74) is 3.67. The van der Waals surface area contributed by atoms with Gasteiger partial charge in [-0.05, 0) is 38.1 Å². The summed E-state index contributed by atoms with van der Waals surface area (Å²) in [5.74, 6) is 0.702. The number of hydrogen-bond acceptors (Lipinski definition) is 3. The van der Waals surface area contributed by atoms with Gasteiger partial charge in [0.25, 0.3) is 0 Å². The fourth-order valence-corrected chi connectivity index (χ4v) is 2.33. The minimum atomic E-state index is -0.555. The van der Waals surface area contributed by atoms with Crippen LogP contribution >= 0.6 is 0 Å². The van der Waals surface area contributed by atoms with Crippen molar-refractivity contribution in [3.63, 3.8) is 0 Å². The largest absolute Gasteiger partial charge is 0.487 e. The van der Waals surface area contributed by atoms with Gasteiger partial charge in [-0.15, -0.1) is 0 Å². The molecule has 21 heavy (non-hydrogen) atoms. The predicted molar refractivity (Wildman–Crippen MR) is 81.3 cm³/mol. The third-order valence-corrected chi connectivity index (χ3v) is 3.40. The molecule has 4 nitrogen and oxygen atoms in total. The van der Waals surface area contributed by atoms with Gasteiger partial charge in [0.15, 0.2) is 0 Å². The highest BCUT2D eigenvalue weighted by Crippen LogP contribution is 2.26. The molecule has 0 radical (unpaired) electrons. The van der Waals surface area contributed by atoms with Gasteiger partial charge in [0.05, 0.1) is 11.8 Å². The Labute approximate surface area is 123 Å². The van der Waals surface area contributed by atoms with E-state index >= 15 is 0 Å². The van der Waals surface area contributed by atoms with Gasteiger partial charge in [-0.2, -0.15) is 0 Å². The maximum Gasteiger partial charge on any atom is 0.137 e. The lowest BCUT2D eigenvalue weighted by molar-refractivity contribution is 0.189. The van der Waals surface area contributed by atoms with Crippen molar-refractivity contribution < 1.29 is 9.84 Å². The molecule has 0 spiro atoms. The second-order valence-electron chi connectivity index (χ2n) is 5.20. The summed E-state index contributed by atoms with van der Waals surface area (Å²) < 4.78 is 7.79. The molecule has 4 heteroatoms. The minimum Gasteiger partial charge on any atom is -0.487 e. The Morgan fingerprint density at radius 2 is 2.14 bits per heavy atom. The molecule has 108 valence electrons. The second kappa shape index (κ2) is 5.58. The zero-order valence-electron chi connectivity index (χ0n) is 12.2. The van der Waals surface area contributed by atoms with Crippen LogP contribution < -0.4 is 4.74 Å². The molecule has 0 amide bonds. The molecule has 2 heterocycles. The van der Waals surface area contributed by atoms with Gasteiger partial charge < -0.3 is 14.2 Å². The van der Waals surface area contributed by atoms with Gasteiger partial charge in [0.1, 0.15) is 18.0 Å². The summed E-state index contributed by atoms with van der Waals surface area (Å²) >= 11 is 0. The molecule has 1 N–H and O–H groups in total. The lowest BCUT2D eigenvalue weighted by Gasteiger charge is -2.13. The summed E-state index contributed by atoms with van der Waals surface area (Å²) in [6.07, 6.45) is 3.35. The smallest absolute Gasteiger partial charge is 0.137 e. The Kier molecular flexibility index (Phi) is 3.62. The summed E-state index contributed by atoms with van der Waals surface area (Å²) in [6, 6.07) is 11.7. The van der Waals surface area contributed by atoms with Crippen LogP contribution in [0.15, 0.2) is 48.8 Å². The van der Waals surface area contributed by atoms with Crippen LogP contribution in [0.3, 0.4) is 0 Å². The quantitative estimate of drug-likeness (QED) is 0.799. The van der Waals surface area contributed by atoms with E-state index in [1.807, 2.05) is 60.1 Å². The molecule has 1 aromatic carbocycles. The minimum absolute atomic E-state index is 0.379. The Morgan fingerprint density at radius 1 is 1.29 bits per heavy atom. The highest BCUT2D eigenvalue weighted by molar-refractivity contribution is 5.40. The first kappa shape index (κ1) is 13.6. The number of aromatic nitrogens is 2. The van der Waals surface area contributed by atoms with Crippen molar-refractivity contribution in [3.05, 3.63) is 65.6 Å². The third kappa shape index (κ3) is 2.90. The van der Waals surface area contributed by atoms with Crippen molar-refractivity contribution in [2.24, 2.45) is 0 Å². The van der Waals surface area contributed by atoms with Crippen molar-refractivity contribution in [1.29, 1.82) is 0 Å². The Morgan fingerprint density at radius 3 is 2.90 bits per heavy atom. The molecule has 0 aliphatic rings. The van der Waals surface area contributed by atoms with Crippen LogP contribution in [0, 0.1) is 6.92 Å². The van der Waals surface area contributed by atoms with E-state index in [-0.39, 0.29) is 0 Å². The molecular weight excluding hydrogens is 264 g/mol. The average molecular weight is 282 g/mol. The number of aryl methyl sites for hydroxylation is 1. The molecule has 3 rings (SSSR count). The average Bonchev–Trinajstić information content (AvgIpc) is 2.88. The van der Waals surface area contributed by atoms with E-state index < -0.39 is 6.10 Å². The predicted octanol–water partition coefficient (Wildman–Crippen LogP) is 3.28. The summed E-state index contributed by atoms with van der Waals surface area (Å²) in [6.45, 7) is 4.12. The van der Waals surface area contributed by atoms with Gasteiger partial charge >= 0.3 is 0 Å². The first-order chi connectivity index (χ1) is 10.1. The lowest BCUT2D eigenvalue weighted by atomic mass is 10.1. The SMILES string of the molecule is Cc1ccc(OCc2cn3ccccc3n2)c([C@H](C)O)c1. The molecule has 1 atom stereocenters. The van der Waals surface area contributed by atoms with E-state index in [4.69, 9.17) is 4.74 Å². The number of aliphatic hydroxyl groups excluding tert-OH is 1. The highest BCUT2D eigenvalue weighted by atomic mass is 16.5. The monoisotopic (exact) mass is 282 g/mol. The molecular formula is C17H18N2O2. The zero-order valence-corrected chi connectivity index (χ0v) is 12.2. The Bertz CT molecular complexity index is 729. The Balaban J connectivity index is 1.81. The summed E-state index contributed by atoms with van der Waals surface area (Å²) in [7, 11) is 0. The number of aliphatic hydroxyl groups is 1. The molecule has 2 aromatic heterocycles. The molecule has 0 aliphatic carbocycles. The van der Waals surface area contributed by atoms with E-state index in [0.717, 1.165) is 22.5 Å². The number of pyridine rings is 1. The van der Waals surface area contributed by atoms with E-state index in [9.17, 15) is 5.11 Å². The number of ether oxygens (including phenoxy) is 1. The first-order valence-corrected chi connectivity index (χ1v) is 6.97. The maximum atomic E-state index is 9.84. The van der Waals surface area contributed by atoms with Gasteiger partial charge in [-0.25, -0.2) is 4.98 Å². The van der Waals surface area contributed by atoms with Crippen LogP contribution in [0.5, 0.6) is 5.75 Å². The number of hydrogen-bond donors (Lipinski definition) is 1.